The topological polar surface area (TPSA) is 61.4 Å². The van der Waals surface area contributed by atoms with Gasteiger partial charge in [0.2, 0.25) is 11.8 Å². The Morgan fingerprint density at radius 2 is 2.11 bits per heavy atom. The van der Waals surface area contributed by atoms with Crippen LogP contribution < -0.4 is 10.6 Å². The van der Waals surface area contributed by atoms with Crippen LogP contribution in [-0.4, -0.2) is 48.9 Å². The molecule has 110 valence electrons. The molecule has 2 aliphatic rings. The summed E-state index contributed by atoms with van der Waals surface area (Å²) in [5.74, 6) is 0.156. The van der Waals surface area contributed by atoms with E-state index in [0.29, 0.717) is 12.6 Å². The molecule has 2 saturated heterocycles. The minimum atomic E-state index is -0.0240. The van der Waals surface area contributed by atoms with Crippen molar-refractivity contribution in [2.75, 3.05) is 26.2 Å². The normalized spacial score (nSPS) is 26.7. The third-order valence-corrected chi connectivity index (χ3v) is 3.92. The molecule has 2 amide bonds. The smallest absolute Gasteiger partial charge is 0.224 e. The molecule has 5 nitrogen and oxygen atoms in total. The highest BCUT2D eigenvalue weighted by molar-refractivity contribution is 5.85. The van der Waals surface area contributed by atoms with Gasteiger partial charge in [0.1, 0.15) is 0 Å². The van der Waals surface area contributed by atoms with Crippen LogP contribution in [0.4, 0.5) is 0 Å². The fraction of sp³-hybridized carbons (Fsp3) is 0.846. The first-order valence-electron chi connectivity index (χ1n) is 6.93. The minimum Gasteiger partial charge on any atom is -0.354 e. The molecule has 0 aromatic rings. The molecule has 0 radical (unpaired) electrons. The van der Waals surface area contributed by atoms with Crippen LogP contribution in [0.3, 0.4) is 0 Å². The molecule has 2 unspecified atom stereocenters. The summed E-state index contributed by atoms with van der Waals surface area (Å²) in [6, 6.07) is 0.432. The Balaban J connectivity index is 0.00000180. The van der Waals surface area contributed by atoms with Crippen molar-refractivity contribution in [2.45, 2.75) is 38.6 Å². The van der Waals surface area contributed by atoms with E-state index in [1.165, 1.54) is 6.42 Å². The number of likely N-dealkylation sites (tertiary alicyclic amines) is 1. The lowest BCUT2D eigenvalue weighted by Crippen LogP contribution is -2.46. The third-order valence-electron chi connectivity index (χ3n) is 3.92. The average molecular weight is 290 g/mol. The number of piperidine rings is 1. The Morgan fingerprint density at radius 1 is 1.32 bits per heavy atom. The van der Waals surface area contributed by atoms with Gasteiger partial charge in [-0.1, -0.05) is 0 Å². The largest absolute Gasteiger partial charge is 0.354 e. The zero-order valence-corrected chi connectivity index (χ0v) is 12.3. The molecule has 2 heterocycles. The first-order valence-corrected chi connectivity index (χ1v) is 6.93. The van der Waals surface area contributed by atoms with E-state index in [-0.39, 0.29) is 30.1 Å². The van der Waals surface area contributed by atoms with Gasteiger partial charge in [-0.15, -0.1) is 12.4 Å². The van der Waals surface area contributed by atoms with Crippen LogP contribution in [0.5, 0.6) is 0 Å². The average Bonchev–Trinajstić information content (AvgIpc) is 2.89. The summed E-state index contributed by atoms with van der Waals surface area (Å²) < 4.78 is 0. The predicted octanol–water partition coefficient (Wildman–Crippen LogP) is 0.535. The quantitative estimate of drug-likeness (QED) is 0.797. The molecule has 2 fully saturated rings. The van der Waals surface area contributed by atoms with Crippen LogP contribution in [0.2, 0.25) is 0 Å². The van der Waals surface area contributed by atoms with E-state index < -0.39 is 0 Å². The maximum atomic E-state index is 12.0. The molecule has 0 spiro atoms. The molecule has 6 heteroatoms. The highest BCUT2D eigenvalue weighted by Crippen LogP contribution is 2.16. The summed E-state index contributed by atoms with van der Waals surface area (Å²) in [5, 5.41) is 6.38. The molecule has 2 aliphatic heterocycles. The van der Waals surface area contributed by atoms with Crippen LogP contribution in [-0.2, 0) is 9.59 Å². The number of rotatable bonds is 3. The van der Waals surface area contributed by atoms with Crippen LogP contribution in [0.1, 0.15) is 32.6 Å². The van der Waals surface area contributed by atoms with Gasteiger partial charge in [-0.3, -0.25) is 9.59 Å². The Morgan fingerprint density at radius 3 is 2.74 bits per heavy atom. The monoisotopic (exact) mass is 289 g/mol. The predicted molar refractivity (Wildman–Crippen MR) is 76.3 cm³/mol. The van der Waals surface area contributed by atoms with Gasteiger partial charge in [0.05, 0.1) is 5.92 Å². The molecule has 19 heavy (non-hydrogen) atoms. The van der Waals surface area contributed by atoms with Crippen molar-refractivity contribution in [3.8, 4) is 0 Å². The molecular formula is C13H24ClN3O2. The molecule has 0 aromatic carbocycles. The van der Waals surface area contributed by atoms with Crippen molar-refractivity contribution < 1.29 is 9.59 Å². The zero-order chi connectivity index (χ0) is 13.0. The van der Waals surface area contributed by atoms with Crippen molar-refractivity contribution in [2.24, 2.45) is 5.92 Å². The summed E-state index contributed by atoms with van der Waals surface area (Å²) in [4.78, 5) is 25.1. The van der Waals surface area contributed by atoms with Crippen molar-refractivity contribution in [1.29, 1.82) is 0 Å². The van der Waals surface area contributed by atoms with Crippen LogP contribution in [0, 0.1) is 5.92 Å². The minimum absolute atomic E-state index is 0. The van der Waals surface area contributed by atoms with Gasteiger partial charge in [0.25, 0.3) is 0 Å². The Hall–Kier alpha value is -0.810. The number of nitrogens with zero attached hydrogens (tertiary/aromatic N) is 1. The first kappa shape index (κ1) is 16.2. The number of carbonyl (C=O) groups is 2. The summed E-state index contributed by atoms with van der Waals surface area (Å²) in [7, 11) is 0. The fourth-order valence-electron chi connectivity index (χ4n) is 2.78. The van der Waals surface area contributed by atoms with Gasteiger partial charge in [-0.25, -0.2) is 0 Å². The summed E-state index contributed by atoms with van der Waals surface area (Å²) in [6.07, 6.45) is 4.17. The number of amides is 2. The van der Waals surface area contributed by atoms with Gasteiger partial charge in [-0.2, -0.15) is 0 Å². The summed E-state index contributed by atoms with van der Waals surface area (Å²) >= 11 is 0. The van der Waals surface area contributed by atoms with Crippen molar-refractivity contribution in [1.82, 2.24) is 15.5 Å². The summed E-state index contributed by atoms with van der Waals surface area (Å²) in [6.45, 7) is 4.72. The fourth-order valence-corrected chi connectivity index (χ4v) is 2.78. The number of carbonyl (C=O) groups excluding carboxylic acids is 2. The molecule has 2 N–H and O–H groups in total. The van der Waals surface area contributed by atoms with Crippen molar-refractivity contribution >= 4 is 24.2 Å². The molecule has 2 rings (SSSR count). The Labute approximate surface area is 120 Å². The Bertz CT molecular complexity index is 319. The van der Waals surface area contributed by atoms with E-state index in [1.807, 2.05) is 0 Å². The lowest BCUT2D eigenvalue weighted by Gasteiger charge is -2.31. The zero-order valence-electron chi connectivity index (χ0n) is 11.5. The van der Waals surface area contributed by atoms with E-state index in [4.69, 9.17) is 0 Å². The van der Waals surface area contributed by atoms with Crippen LogP contribution in [0.25, 0.3) is 0 Å². The van der Waals surface area contributed by atoms with Gasteiger partial charge in [0.15, 0.2) is 0 Å². The number of hydrogen-bond acceptors (Lipinski definition) is 3. The molecule has 0 aliphatic carbocycles. The third kappa shape index (κ3) is 4.66. The second-order valence-corrected chi connectivity index (χ2v) is 5.34. The lowest BCUT2D eigenvalue weighted by molar-refractivity contribution is -0.133. The lowest BCUT2D eigenvalue weighted by atomic mass is 9.97. The SMILES string of the molecule is CC(=O)N1CCCC(C(=O)NCC2CCCN2)C1.Cl. The van der Waals surface area contributed by atoms with Crippen LogP contribution >= 0.6 is 12.4 Å². The second-order valence-electron chi connectivity index (χ2n) is 5.34. The van der Waals surface area contributed by atoms with Crippen molar-refractivity contribution in [3.63, 3.8) is 0 Å². The number of nitrogens with one attached hydrogen (secondary N) is 2. The first-order chi connectivity index (χ1) is 8.66. The number of hydrogen-bond donors (Lipinski definition) is 2. The number of halogens is 1. The highest BCUT2D eigenvalue weighted by Gasteiger charge is 2.27. The van der Waals surface area contributed by atoms with Crippen molar-refractivity contribution in [3.05, 3.63) is 0 Å². The standard InChI is InChI=1S/C13H23N3O2.ClH/c1-10(17)16-7-3-4-11(9-16)13(18)15-8-12-5-2-6-14-12;/h11-12,14H,2-9H2,1H3,(H,15,18);1H. The summed E-state index contributed by atoms with van der Waals surface area (Å²) in [5.41, 5.74) is 0. The van der Waals surface area contributed by atoms with Crippen LogP contribution in [0.15, 0.2) is 0 Å². The van der Waals surface area contributed by atoms with E-state index in [2.05, 4.69) is 10.6 Å². The van der Waals surface area contributed by atoms with Gasteiger partial charge >= 0.3 is 0 Å². The van der Waals surface area contributed by atoms with Gasteiger partial charge < -0.3 is 15.5 Å². The highest BCUT2D eigenvalue weighted by atomic mass is 35.5. The molecule has 2 atom stereocenters. The van der Waals surface area contributed by atoms with E-state index >= 15 is 0 Å². The van der Waals surface area contributed by atoms with Gasteiger partial charge in [0, 0.05) is 32.6 Å². The molecule has 0 saturated carbocycles. The molecule has 0 aromatic heterocycles. The maximum Gasteiger partial charge on any atom is 0.224 e. The Kier molecular flexibility index (Phi) is 6.58. The van der Waals surface area contributed by atoms with E-state index in [1.54, 1.807) is 11.8 Å². The maximum absolute atomic E-state index is 12.0. The van der Waals surface area contributed by atoms with E-state index in [0.717, 1.165) is 38.9 Å². The van der Waals surface area contributed by atoms with Gasteiger partial charge in [-0.05, 0) is 32.2 Å². The second kappa shape index (κ2) is 7.70. The molecule has 0 bridgehead atoms. The van der Waals surface area contributed by atoms with E-state index in [9.17, 15) is 9.59 Å². The molecular weight excluding hydrogens is 266 g/mol.